The average Bonchev–Trinajstić information content (AvgIpc) is 3.16. The lowest BCUT2D eigenvalue weighted by Crippen LogP contribution is -2.59. The van der Waals surface area contributed by atoms with Crippen molar-refractivity contribution >= 4 is 17.7 Å². The van der Waals surface area contributed by atoms with Crippen LogP contribution in [-0.4, -0.2) is 35.7 Å². The molecule has 106 valence electrons. The SMILES string of the molecule is CCC(C)SCC(NC(C)C)(C(=O)OC)C1CC1. The van der Waals surface area contributed by atoms with Gasteiger partial charge in [0.15, 0.2) is 0 Å². The molecule has 0 bridgehead atoms. The first-order chi connectivity index (χ1) is 8.46. The maximum atomic E-state index is 12.3. The van der Waals surface area contributed by atoms with E-state index in [1.807, 2.05) is 11.8 Å². The number of nitrogens with one attached hydrogen (secondary N) is 1. The van der Waals surface area contributed by atoms with Gasteiger partial charge in [-0.05, 0) is 39.0 Å². The molecular formula is C14H27NO2S. The molecule has 0 amide bonds. The molecule has 0 spiro atoms. The van der Waals surface area contributed by atoms with Crippen LogP contribution in [0.15, 0.2) is 0 Å². The summed E-state index contributed by atoms with van der Waals surface area (Å²) in [6, 6.07) is 0.294. The van der Waals surface area contributed by atoms with E-state index in [0.29, 0.717) is 17.2 Å². The van der Waals surface area contributed by atoms with Gasteiger partial charge in [-0.25, -0.2) is 0 Å². The smallest absolute Gasteiger partial charge is 0.327 e. The molecule has 0 radical (unpaired) electrons. The van der Waals surface area contributed by atoms with Crippen LogP contribution in [0.2, 0.25) is 0 Å². The van der Waals surface area contributed by atoms with Crippen LogP contribution in [0.4, 0.5) is 0 Å². The van der Waals surface area contributed by atoms with Crippen molar-refractivity contribution < 1.29 is 9.53 Å². The van der Waals surface area contributed by atoms with Gasteiger partial charge in [0.25, 0.3) is 0 Å². The lowest BCUT2D eigenvalue weighted by molar-refractivity contribution is -0.148. The predicted octanol–water partition coefficient (Wildman–Crippen LogP) is 2.84. The second kappa shape index (κ2) is 6.80. The van der Waals surface area contributed by atoms with Gasteiger partial charge < -0.3 is 4.74 Å². The fraction of sp³-hybridized carbons (Fsp3) is 0.929. The van der Waals surface area contributed by atoms with Crippen molar-refractivity contribution in [2.75, 3.05) is 12.9 Å². The number of carbonyl (C=O) groups is 1. The molecule has 0 aromatic rings. The average molecular weight is 273 g/mol. The zero-order valence-corrected chi connectivity index (χ0v) is 13.1. The van der Waals surface area contributed by atoms with Gasteiger partial charge in [0.2, 0.25) is 0 Å². The maximum absolute atomic E-state index is 12.3. The van der Waals surface area contributed by atoms with Crippen molar-refractivity contribution in [3.8, 4) is 0 Å². The van der Waals surface area contributed by atoms with Gasteiger partial charge in [-0.1, -0.05) is 13.8 Å². The summed E-state index contributed by atoms with van der Waals surface area (Å²) in [5.74, 6) is 1.18. The monoisotopic (exact) mass is 273 g/mol. The van der Waals surface area contributed by atoms with Crippen LogP contribution >= 0.6 is 11.8 Å². The molecule has 2 unspecified atom stereocenters. The van der Waals surface area contributed by atoms with Gasteiger partial charge in [-0.15, -0.1) is 0 Å². The molecule has 3 nitrogen and oxygen atoms in total. The number of esters is 1. The highest BCUT2D eigenvalue weighted by atomic mass is 32.2. The summed E-state index contributed by atoms with van der Waals surface area (Å²) in [4.78, 5) is 12.3. The van der Waals surface area contributed by atoms with Gasteiger partial charge in [0, 0.05) is 17.0 Å². The largest absolute Gasteiger partial charge is 0.468 e. The molecule has 0 heterocycles. The Morgan fingerprint density at radius 1 is 1.44 bits per heavy atom. The van der Waals surface area contributed by atoms with E-state index in [2.05, 4.69) is 33.0 Å². The van der Waals surface area contributed by atoms with Gasteiger partial charge >= 0.3 is 5.97 Å². The van der Waals surface area contributed by atoms with Crippen LogP contribution in [0.1, 0.15) is 47.0 Å². The number of ether oxygens (including phenoxy) is 1. The van der Waals surface area contributed by atoms with Crippen molar-refractivity contribution in [1.29, 1.82) is 0 Å². The van der Waals surface area contributed by atoms with E-state index in [-0.39, 0.29) is 5.97 Å². The lowest BCUT2D eigenvalue weighted by Gasteiger charge is -2.34. The standard InChI is InChI=1S/C14H27NO2S/c1-6-11(4)18-9-14(12-7-8-12,13(16)17-5)15-10(2)3/h10-12,15H,6-9H2,1-5H3. The van der Waals surface area contributed by atoms with Crippen LogP contribution in [-0.2, 0) is 9.53 Å². The zero-order valence-electron chi connectivity index (χ0n) is 12.3. The molecule has 1 aliphatic carbocycles. The van der Waals surface area contributed by atoms with Crippen LogP contribution in [0.25, 0.3) is 0 Å². The quantitative estimate of drug-likeness (QED) is 0.690. The van der Waals surface area contributed by atoms with E-state index >= 15 is 0 Å². The minimum Gasteiger partial charge on any atom is -0.468 e. The molecule has 0 aliphatic heterocycles. The summed E-state index contributed by atoms with van der Waals surface area (Å²) in [6.45, 7) is 8.58. The third kappa shape index (κ3) is 3.89. The molecule has 1 rings (SSSR count). The minimum absolute atomic E-state index is 0.0884. The van der Waals surface area contributed by atoms with Gasteiger partial charge in [0.1, 0.15) is 5.54 Å². The summed E-state index contributed by atoms with van der Waals surface area (Å²) in [5.41, 5.74) is -0.475. The second-order valence-corrected chi connectivity index (χ2v) is 6.99. The summed E-state index contributed by atoms with van der Waals surface area (Å²) in [7, 11) is 1.50. The third-order valence-electron chi connectivity index (χ3n) is 3.54. The predicted molar refractivity (Wildman–Crippen MR) is 78.0 cm³/mol. The highest BCUT2D eigenvalue weighted by molar-refractivity contribution is 8.00. The van der Waals surface area contributed by atoms with Crippen molar-refractivity contribution in [2.45, 2.75) is 63.8 Å². The highest BCUT2D eigenvalue weighted by Gasteiger charge is 2.52. The molecule has 18 heavy (non-hydrogen) atoms. The first-order valence-electron chi connectivity index (χ1n) is 6.94. The van der Waals surface area contributed by atoms with Crippen molar-refractivity contribution in [2.24, 2.45) is 5.92 Å². The Morgan fingerprint density at radius 3 is 2.44 bits per heavy atom. The Morgan fingerprint density at radius 2 is 2.06 bits per heavy atom. The zero-order chi connectivity index (χ0) is 13.8. The molecule has 4 heteroatoms. The summed E-state index contributed by atoms with van der Waals surface area (Å²) in [5, 5.41) is 4.08. The molecular weight excluding hydrogens is 246 g/mol. The molecule has 1 aliphatic rings. The summed E-state index contributed by atoms with van der Waals surface area (Å²) >= 11 is 1.87. The number of hydrogen-bond acceptors (Lipinski definition) is 4. The number of thioether (sulfide) groups is 1. The topological polar surface area (TPSA) is 38.3 Å². The number of hydrogen-bond donors (Lipinski definition) is 1. The first kappa shape index (κ1) is 15.8. The normalized spacial score (nSPS) is 20.6. The van der Waals surface area contributed by atoms with Crippen molar-refractivity contribution in [3.63, 3.8) is 0 Å². The Bertz CT molecular complexity index is 279. The van der Waals surface area contributed by atoms with Crippen LogP contribution in [0.5, 0.6) is 0 Å². The van der Waals surface area contributed by atoms with Gasteiger partial charge in [-0.2, -0.15) is 11.8 Å². The Hall–Kier alpha value is -0.220. The van der Waals surface area contributed by atoms with E-state index in [9.17, 15) is 4.79 Å². The highest BCUT2D eigenvalue weighted by Crippen LogP contribution is 2.43. The van der Waals surface area contributed by atoms with Crippen LogP contribution < -0.4 is 5.32 Å². The van der Waals surface area contributed by atoms with E-state index in [1.54, 1.807) is 0 Å². The summed E-state index contributed by atoms with van der Waals surface area (Å²) < 4.78 is 5.07. The molecule has 0 saturated heterocycles. The summed E-state index contributed by atoms with van der Waals surface area (Å²) in [6.07, 6.45) is 3.40. The van der Waals surface area contributed by atoms with Gasteiger partial charge in [-0.3, -0.25) is 10.1 Å². The Kier molecular flexibility index (Phi) is 5.99. The van der Waals surface area contributed by atoms with E-state index in [1.165, 1.54) is 7.11 Å². The van der Waals surface area contributed by atoms with Gasteiger partial charge in [0.05, 0.1) is 7.11 Å². The van der Waals surface area contributed by atoms with E-state index in [0.717, 1.165) is 25.0 Å². The maximum Gasteiger partial charge on any atom is 0.327 e. The molecule has 0 aromatic heterocycles. The second-order valence-electron chi connectivity index (χ2n) is 5.57. The Balaban J connectivity index is 2.79. The molecule has 1 N–H and O–H groups in total. The molecule has 1 fully saturated rings. The van der Waals surface area contributed by atoms with Crippen LogP contribution in [0.3, 0.4) is 0 Å². The molecule has 2 atom stereocenters. The lowest BCUT2D eigenvalue weighted by atomic mass is 9.94. The van der Waals surface area contributed by atoms with Crippen molar-refractivity contribution in [1.82, 2.24) is 5.32 Å². The van der Waals surface area contributed by atoms with Crippen molar-refractivity contribution in [3.05, 3.63) is 0 Å². The van der Waals surface area contributed by atoms with E-state index < -0.39 is 5.54 Å². The Labute approximate surface area is 115 Å². The third-order valence-corrected chi connectivity index (χ3v) is 5.06. The number of carbonyl (C=O) groups excluding carboxylic acids is 1. The minimum atomic E-state index is -0.475. The van der Waals surface area contributed by atoms with E-state index in [4.69, 9.17) is 4.74 Å². The fourth-order valence-corrected chi connectivity index (χ4v) is 3.45. The fourth-order valence-electron chi connectivity index (χ4n) is 2.23. The number of rotatable bonds is 8. The number of methoxy groups -OCH3 is 1. The first-order valence-corrected chi connectivity index (χ1v) is 7.98. The molecule has 1 saturated carbocycles. The van der Waals surface area contributed by atoms with Crippen LogP contribution in [0, 0.1) is 5.92 Å². The molecule has 0 aromatic carbocycles.